The molecule has 18 heavy (non-hydrogen) atoms. The predicted octanol–water partition coefficient (Wildman–Crippen LogP) is 1.30. The van der Waals surface area contributed by atoms with Gasteiger partial charge in [-0.15, -0.1) is 0 Å². The molecular weight excluding hydrogens is 228 g/mol. The van der Waals surface area contributed by atoms with E-state index in [2.05, 4.69) is 10.6 Å². The van der Waals surface area contributed by atoms with Gasteiger partial charge >= 0.3 is 0 Å². The normalized spacial score (nSPS) is 19.9. The summed E-state index contributed by atoms with van der Waals surface area (Å²) in [6.45, 7) is 3.78. The Labute approximate surface area is 107 Å². The molecule has 1 aliphatic heterocycles. The first-order valence-corrected chi connectivity index (χ1v) is 6.29. The highest BCUT2D eigenvalue weighted by atomic mass is 16.3. The zero-order valence-electron chi connectivity index (χ0n) is 10.9. The molecule has 1 aromatic carbocycles. The number of para-hydroxylation sites is 1. The van der Waals surface area contributed by atoms with Crippen LogP contribution in [0.4, 0.5) is 5.69 Å². The molecule has 0 spiro atoms. The number of aryl methyl sites for hydroxylation is 1. The van der Waals surface area contributed by atoms with Gasteiger partial charge < -0.3 is 10.4 Å². The number of carbonyl (C=O) groups excluding carboxylic acids is 1. The summed E-state index contributed by atoms with van der Waals surface area (Å²) in [5.41, 5.74) is 1.61. The minimum Gasteiger partial charge on any atom is -0.394 e. The standard InChI is InChI=1S/C14H20N2O2/c1-14(2,9-17)16-12-8-7-10-5-3-4-6-11(10)15-13(12)18/h3-6,12,16-17H,7-9H2,1-2H3,(H,15,18). The number of nitrogens with one attached hydrogen (secondary N) is 2. The number of rotatable bonds is 3. The summed E-state index contributed by atoms with van der Waals surface area (Å²) < 4.78 is 0. The van der Waals surface area contributed by atoms with Gasteiger partial charge in [0.25, 0.3) is 0 Å². The lowest BCUT2D eigenvalue weighted by atomic mass is 10.0. The Kier molecular flexibility index (Phi) is 3.68. The van der Waals surface area contributed by atoms with Crippen molar-refractivity contribution in [2.24, 2.45) is 0 Å². The van der Waals surface area contributed by atoms with Crippen molar-refractivity contribution in [3.05, 3.63) is 29.8 Å². The molecule has 3 N–H and O–H groups in total. The Hall–Kier alpha value is -1.39. The molecule has 0 aliphatic carbocycles. The smallest absolute Gasteiger partial charge is 0.241 e. The van der Waals surface area contributed by atoms with Crippen molar-refractivity contribution in [3.63, 3.8) is 0 Å². The largest absolute Gasteiger partial charge is 0.394 e. The van der Waals surface area contributed by atoms with Gasteiger partial charge in [0.15, 0.2) is 0 Å². The van der Waals surface area contributed by atoms with Crippen molar-refractivity contribution in [1.29, 1.82) is 0 Å². The van der Waals surface area contributed by atoms with Crippen molar-refractivity contribution in [1.82, 2.24) is 5.32 Å². The third-order valence-electron chi connectivity index (χ3n) is 3.25. The summed E-state index contributed by atoms with van der Waals surface area (Å²) in [6.07, 6.45) is 1.60. The Morgan fingerprint density at radius 1 is 1.44 bits per heavy atom. The molecule has 0 fully saturated rings. The molecule has 1 aromatic rings. The number of aliphatic hydroxyl groups excluding tert-OH is 1. The summed E-state index contributed by atoms with van der Waals surface area (Å²) in [4.78, 5) is 12.1. The first-order valence-electron chi connectivity index (χ1n) is 6.29. The Morgan fingerprint density at radius 3 is 2.89 bits per heavy atom. The zero-order chi connectivity index (χ0) is 13.2. The van der Waals surface area contributed by atoms with Gasteiger partial charge in [-0.1, -0.05) is 18.2 Å². The third kappa shape index (κ3) is 2.89. The van der Waals surface area contributed by atoms with Crippen LogP contribution >= 0.6 is 0 Å². The SMILES string of the molecule is CC(C)(CO)NC1CCc2ccccc2NC1=O. The molecule has 1 unspecified atom stereocenters. The predicted molar refractivity (Wildman–Crippen MR) is 71.5 cm³/mol. The number of anilines is 1. The van der Waals surface area contributed by atoms with Crippen molar-refractivity contribution in [2.45, 2.75) is 38.3 Å². The van der Waals surface area contributed by atoms with Crippen LogP contribution in [0.15, 0.2) is 24.3 Å². The zero-order valence-corrected chi connectivity index (χ0v) is 10.9. The molecule has 1 atom stereocenters. The topological polar surface area (TPSA) is 61.4 Å². The van der Waals surface area contributed by atoms with Crippen molar-refractivity contribution in [3.8, 4) is 0 Å². The van der Waals surface area contributed by atoms with Crippen LogP contribution in [0.5, 0.6) is 0 Å². The van der Waals surface area contributed by atoms with E-state index in [1.54, 1.807) is 0 Å². The number of benzene rings is 1. The number of amides is 1. The van der Waals surface area contributed by atoms with Crippen LogP contribution in [0.3, 0.4) is 0 Å². The lowest BCUT2D eigenvalue weighted by Crippen LogP contribution is -2.52. The van der Waals surface area contributed by atoms with Crippen LogP contribution in [-0.2, 0) is 11.2 Å². The van der Waals surface area contributed by atoms with Crippen molar-refractivity contribution in [2.75, 3.05) is 11.9 Å². The highest BCUT2D eigenvalue weighted by Crippen LogP contribution is 2.22. The second-order valence-electron chi connectivity index (χ2n) is 5.42. The fraction of sp³-hybridized carbons (Fsp3) is 0.500. The monoisotopic (exact) mass is 248 g/mol. The number of hydrogen-bond acceptors (Lipinski definition) is 3. The highest BCUT2D eigenvalue weighted by molar-refractivity contribution is 5.96. The van der Waals surface area contributed by atoms with E-state index in [0.717, 1.165) is 24.1 Å². The number of hydrogen-bond donors (Lipinski definition) is 3. The Balaban J connectivity index is 2.13. The van der Waals surface area contributed by atoms with Gasteiger partial charge in [-0.2, -0.15) is 0 Å². The van der Waals surface area contributed by atoms with Gasteiger partial charge in [0.2, 0.25) is 5.91 Å². The maximum atomic E-state index is 12.1. The van der Waals surface area contributed by atoms with E-state index >= 15 is 0 Å². The molecule has 1 aliphatic rings. The summed E-state index contributed by atoms with van der Waals surface area (Å²) >= 11 is 0. The lowest BCUT2D eigenvalue weighted by Gasteiger charge is -2.28. The molecule has 98 valence electrons. The average molecular weight is 248 g/mol. The third-order valence-corrected chi connectivity index (χ3v) is 3.25. The average Bonchev–Trinajstić information content (AvgIpc) is 2.49. The number of aliphatic hydroxyl groups is 1. The first-order chi connectivity index (χ1) is 8.52. The van der Waals surface area contributed by atoms with E-state index in [-0.39, 0.29) is 18.6 Å². The van der Waals surface area contributed by atoms with Gasteiger partial charge in [0.1, 0.15) is 0 Å². The van der Waals surface area contributed by atoms with Crippen LogP contribution < -0.4 is 10.6 Å². The minimum atomic E-state index is -0.446. The second kappa shape index (κ2) is 5.08. The first kappa shape index (κ1) is 13.1. The van der Waals surface area contributed by atoms with E-state index in [0.29, 0.717) is 0 Å². The van der Waals surface area contributed by atoms with Crippen LogP contribution in [0.2, 0.25) is 0 Å². The molecule has 2 rings (SSSR count). The van der Waals surface area contributed by atoms with Gasteiger partial charge in [-0.25, -0.2) is 0 Å². The Morgan fingerprint density at radius 2 is 2.17 bits per heavy atom. The molecule has 4 heteroatoms. The van der Waals surface area contributed by atoms with Gasteiger partial charge in [-0.05, 0) is 38.3 Å². The molecule has 4 nitrogen and oxygen atoms in total. The van der Waals surface area contributed by atoms with E-state index < -0.39 is 5.54 Å². The van der Waals surface area contributed by atoms with Crippen molar-refractivity contribution < 1.29 is 9.90 Å². The molecule has 1 amide bonds. The lowest BCUT2D eigenvalue weighted by molar-refractivity contribution is -0.118. The fourth-order valence-electron chi connectivity index (χ4n) is 2.17. The van der Waals surface area contributed by atoms with Gasteiger partial charge in [0.05, 0.1) is 12.6 Å². The summed E-state index contributed by atoms with van der Waals surface area (Å²) in [7, 11) is 0. The second-order valence-corrected chi connectivity index (χ2v) is 5.42. The van der Waals surface area contributed by atoms with Crippen LogP contribution in [0.25, 0.3) is 0 Å². The summed E-state index contributed by atoms with van der Waals surface area (Å²) in [5.74, 6) is -0.0264. The fourth-order valence-corrected chi connectivity index (χ4v) is 2.17. The number of fused-ring (bicyclic) bond motifs is 1. The highest BCUT2D eigenvalue weighted by Gasteiger charge is 2.28. The van der Waals surface area contributed by atoms with E-state index in [9.17, 15) is 9.90 Å². The van der Waals surface area contributed by atoms with E-state index in [4.69, 9.17) is 0 Å². The number of carbonyl (C=O) groups is 1. The van der Waals surface area contributed by atoms with Gasteiger partial charge in [0, 0.05) is 11.2 Å². The molecule has 0 aromatic heterocycles. The molecular formula is C14H20N2O2. The van der Waals surface area contributed by atoms with Crippen LogP contribution in [0.1, 0.15) is 25.8 Å². The molecule has 0 saturated carbocycles. The molecule has 0 saturated heterocycles. The molecule has 1 heterocycles. The molecule has 0 bridgehead atoms. The van der Waals surface area contributed by atoms with E-state index in [1.165, 1.54) is 0 Å². The van der Waals surface area contributed by atoms with Crippen LogP contribution in [0, 0.1) is 0 Å². The minimum absolute atomic E-state index is 0.00370. The Bertz CT molecular complexity index is 443. The summed E-state index contributed by atoms with van der Waals surface area (Å²) in [5, 5.41) is 15.4. The maximum Gasteiger partial charge on any atom is 0.241 e. The maximum absolute atomic E-state index is 12.1. The van der Waals surface area contributed by atoms with Crippen LogP contribution in [-0.4, -0.2) is 29.2 Å². The molecule has 0 radical (unpaired) electrons. The summed E-state index contributed by atoms with van der Waals surface area (Å²) in [6, 6.07) is 7.60. The quantitative estimate of drug-likeness (QED) is 0.755. The van der Waals surface area contributed by atoms with E-state index in [1.807, 2.05) is 38.1 Å². The van der Waals surface area contributed by atoms with Crippen molar-refractivity contribution >= 4 is 11.6 Å². The van der Waals surface area contributed by atoms with Gasteiger partial charge in [-0.3, -0.25) is 10.1 Å².